The Balaban J connectivity index is 2.15. The fourth-order valence-corrected chi connectivity index (χ4v) is 5.96. The Bertz CT molecular complexity index is 1050. The first kappa shape index (κ1) is 18.2. The molecule has 0 unspecified atom stereocenters. The van der Waals surface area contributed by atoms with Gasteiger partial charge in [0.25, 0.3) is 10.0 Å². The highest BCUT2D eigenvalue weighted by Gasteiger charge is 2.29. The molecule has 0 saturated heterocycles. The summed E-state index contributed by atoms with van der Waals surface area (Å²) in [7, 11) is -3.77. The molecule has 8 heteroatoms. The summed E-state index contributed by atoms with van der Waals surface area (Å²) in [6, 6.07) is 7.04. The van der Waals surface area contributed by atoms with Crippen molar-refractivity contribution in [1.82, 2.24) is 5.16 Å². The van der Waals surface area contributed by atoms with Crippen molar-refractivity contribution < 1.29 is 12.9 Å². The molecule has 132 valence electrons. The molecular weight excluding hydrogens is 424 g/mol. The molecule has 2 aromatic heterocycles. The second-order valence-electron chi connectivity index (χ2n) is 5.76. The third kappa shape index (κ3) is 3.38. The lowest BCUT2D eigenvalue weighted by atomic mass is 10.1. The van der Waals surface area contributed by atoms with Crippen molar-refractivity contribution >= 4 is 43.0 Å². The summed E-state index contributed by atoms with van der Waals surface area (Å²) >= 11 is 4.78. The number of benzene rings is 1. The highest BCUT2D eigenvalue weighted by molar-refractivity contribution is 9.10. The first-order valence-corrected chi connectivity index (χ1v) is 10.6. The van der Waals surface area contributed by atoms with E-state index < -0.39 is 10.0 Å². The molecule has 3 rings (SSSR count). The SMILES string of the molecule is Cc1noc(-c2c(C)sc(C)c2S(=O)(=O)Nc2cccc(Br)c2)c1C. The number of aromatic nitrogens is 1. The number of nitrogens with one attached hydrogen (secondary N) is 1. The minimum Gasteiger partial charge on any atom is -0.356 e. The minimum absolute atomic E-state index is 0.245. The average molecular weight is 441 g/mol. The van der Waals surface area contributed by atoms with Crippen molar-refractivity contribution in [3.63, 3.8) is 0 Å². The van der Waals surface area contributed by atoms with Gasteiger partial charge in [-0.2, -0.15) is 0 Å². The van der Waals surface area contributed by atoms with E-state index in [9.17, 15) is 8.42 Å². The highest BCUT2D eigenvalue weighted by atomic mass is 79.9. The van der Waals surface area contributed by atoms with Gasteiger partial charge in [-0.05, 0) is 45.9 Å². The lowest BCUT2D eigenvalue weighted by Gasteiger charge is -2.10. The van der Waals surface area contributed by atoms with Crippen LogP contribution in [0.3, 0.4) is 0 Å². The van der Waals surface area contributed by atoms with Crippen LogP contribution in [0, 0.1) is 27.7 Å². The van der Waals surface area contributed by atoms with Crippen LogP contribution in [0.15, 0.2) is 38.2 Å². The number of aryl methyl sites for hydroxylation is 3. The first-order chi connectivity index (χ1) is 11.7. The zero-order chi connectivity index (χ0) is 18.4. The smallest absolute Gasteiger partial charge is 0.263 e. The second-order valence-corrected chi connectivity index (χ2v) is 9.72. The summed E-state index contributed by atoms with van der Waals surface area (Å²) in [5, 5.41) is 3.97. The van der Waals surface area contributed by atoms with Crippen molar-refractivity contribution in [3.8, 4) is 11.3 Å². The molecule has 0 atom stereocenters. The predicted molar refractivity (Wildman–Crippen MR) is 104 cm³/mol. The molecule has 0 aliphatic heterocycles. The van der Waals surface area contributed by atoms with Gasteiger partial charge in [-0.3, -0.25) is 4.72 Å². The molecule has 1 aromatic carbocycles. The number of sulfonamides is 1. The molecule has 3 aromatic rings. The summed E-state index contributed by atoms with van der Waals surface area (Å²) in [6.07, 6.45) is 0. The fraction of sp³-hybridized carbons (Fsp3) is 0.235. The molecule has 0 aliphatic carbocycles. The maximum absolute atomic E-state index is 13.1. The molecule has 2 heterocycles. The van der Waals surface area contributed by atoms with Crippen LogP contribution in [0.1, 0.15) is 21.0 Å². The number of hydrogen-bond donors (Lipinski definition) is 1. The van der Waals surface area contributed by atoms with Gasteiger partial charge in [0.15, 0.2) is 5.76 Å². The Morgan fingerprint density at radius 1 is 1.16 bits per heavy atom. The number of rotatable bonds is 4. The molecule has 0 bridgehead atoms. The average Bonchev–Trinajstić information content (AvgIpc) is 2.98. The van der Waals surface area contributed by atoms with E-state index in [1.807, 2.05) is 26.8 Å². The van der Waals surface area contributed by atoms with Crippen LogP contribution in [0.25, 0.3) is 11.3 Å². The number of anilines is 1. The molecule has 25 heavy (non-hydrogen) atoms. The van der Waals surface area contributed by atoms with Crippen LogP contribution in [0.4, 0.5) is 5.69 Å². The monoisotopic (exact) mass is 440 g/mol. The third-order valence-electron chi connectivity index (χ3n) is 3.93. The van der Waals surface area contributed by atoms with Gasteiger partial charge in [0, 0.05) is 25.5 Å². The van der Waals surface area contributed by atoms with Crippen molar-refractivity contribution in [2.75, 3.05) is 4.72 Å². The van der Waals surface area contributed by atoms with E-state index in [-0.39, 0.29) is 4.90 Å². The quantitative estimate of drug-likeness (QED) is 0.604. The van der Waals surface area contributed by atoms with Crippen molar-refractivity contribution in [2.24, 2.45) is 0 Å². The highest BCUT2D eigenvalue weighted by Crippen LogP contribution is 2.41. The summed E-state index contributed by atoms with van der Waals surface area (Å²) in [5.41, 5.74) is 2.68. The van der Waals surface area contributed by atoms with Crippen molar-refractivity contribution in [2.45, 2.75) is 32.6 Å². The standard InChI is InChI=1S/C17H17BrN2O3S2/c1-9-10(2)19-23-16(9)15-11(3)24-12(4)17(15)25(21,22)20-14-7-5-6-13(18)8-14/h5-8,20H,1-4H3. The van der Waals surface area contributed by atoms with Gasteiger partial charge in [-0.25, -0.2) is 8.42 Å². The Morgan fingerprint density at radius 3 is 2.48 bits per heavy atom. The zero-order valence-electron chi connectivity index (χ0n) is 14.2. The lowest BCUT2D eigenvalue weighted by molar-refractivity contribution is 0.426. The van der Waals surface area contributed by atoms with E-state index in [0.29, 0.717) is 21.9 Å². The Labute approximate surface area is 159 Å². The van der Waals surface area contributed by atoms with E-state index >= 15 is 0 Å². The van der Waals surface area contributed by atoms with Crippen LogP contribution in [0.2, 0.25) is 0 Å². The van der Waals surface area contributed by atoms with E-state index in [1.165, 1.54) is 11.3 Å². The van der Waals surface area contributed by atoms with Crippen LogP contribution in [0.5, 0.6) is 0 Å². The fourth-order valence-electron chi connectivity index (χ4n) is 2.66. The summed E-state index contributed by atoms with van der Waals surface area (Å²) in [4.78, 5) is 1.84. The van der Waals surface area contributed by atoms with Crippen LogP contribution in [-0.4, -0.2) is 13.6 Å². The summed E-state index contributed by atoms with van der Waals surface area (Å²) in [5.74, 6) is 0.508. The molecule has 0 fully saturated rings. The van der Waals surface area contributed by atoms with Gasteiger partial charge in [-0.1, -0.05) is 27.2 Å². The number of hydrogen-bond acceptors (Lipinski definition) is 5. The Hall–Kier alpha value is -1.64. The van der Waals surface area contributed by atoms with E-state index in [1.54, 1.807) is 25.1 Å². The van der Waals surface area contributed by atoms with Crippen LogP contribution in [-0.2, 0) is 10.0 Å². The largest absolute Gasteiger partial charge is 0.356 e. The van der Waals surface area contributed by atoms with Crippen molar-refractivity contribution in [3.05, 3.63) is 49.7 Å². The van der Waals surface area contributed by atoms with E-state index in [0.717, 1.165) is 20.6 Å². The maximum Gasteiger partial charge on any atom is 0.263 e. The van der Waals surface area contributed by atoms with Crippen LogP contribution < -0.4 is 4.72 Å². The number of halogens is 1. The molecule has 0 spiro atoms. The Kier molecular flexibility index (Phi) is 4.78. The minimum atomic E-state index is -3.77. The molecule has 0 amide bonds. The molecule has 0 radical (unpaired) electrons. The van der Waals surface area contributed by atoms with Gasteiger partial charge < -0.3 is 4.52 Å². The van der Waals surface area contributed by atoms with E-state index in [4.69, 9.17) is 4.52 Å². The second kappa shape index (κ2) is 6.59. The molecular formula is C17H17BrN2O3S2. The lowest BCUT2D eigenvalue weighted by Crippen LogP contribution is -2.14. The third-order valence-corrected chi connectivity index (χ3v) is 7.13. The summed E-state index contributed by atoms with van der Waals surface area (Å²) < 4.78 is 35.0. The number of thiophene rings is 1. The van der Waals surface area contributed by atoms with Gasteiger partial charge in [-0.15, -0.1) is 11.3 Å². The molecule has 5 nitrogen and oxygen atoms in total. The van der Waals surface area contributed by atoms with Gasteiger partial charge in [0.05, 0.1) is 11.3 Å². The van der Waals surface area contributed by atoms with Crippen molar-refractivity contribution in [1.29, 1.82) is 0 Å². The van der Waals surface area contributed by atoms with Crippen LogP contribution >= 0.6 is 27.3 Å². The number of nitrogens with zero attached hydrogens (tertiary/aromatic N) is 1. The summed E-state index contributed by atoms with van der Waals surface area (Å²) in [6.45, 7) is 7.41. The maximum atomic E-state index is 13.1. The molecule has 0 aliphatic rings. The topological polar surface area (TPSA) is 72.2 Å². The van der Waals surface area contributed by atoms with Gasteiger partial charge in [0.1, 0.15) is 4.90 Å². The van der Waals surface area contributed by atoms with Gasteiger partial charge >= 0.3 is 0 Å². The van der Waals surface area contributed by atoms with E-state index in [2.05, 4.69) is 25.8 Å². The Morgan fingerprint density at radius 2 is 1.88 bits per heavy atom. The zero-order valence-corrected chi connectivity index (χ0v) is 17.4. The first-order valence-electron chi connectivity index (χ1n) is 7.52. The molecule has 0 saturated carbocycles. The predicted octanol–water partition coefficient (Wildman–Crippen LogP) is 5.20. The van der Waals surface area contributed by atoms with Gasteiger partial charge in [0.2, 0.25) is 0 Å². The molecule has 1 N–H and O–H groups in total. The normalized spacial score (nSPS) is 11.7.